The third-order valence-electron chi connectivity index (χ3n) is 2.85. The zero-order valence-electron chi connectivity index (χ0n) is 8.75. The van der Waals surface area contributed by atoms with Crippen molar-refractivity contribution in [3.8, 4) is 0 Å². The molecule has 0 amide bonds. The summed E-state index contributed by atoms with van der Waals surface area (Å²) in [6.45, 7) is 4.14. The van der Waals surface area contributed by atoms with Crippen molar-refractivity contribution in [1.82, 2.24) is 4.98 Å². The Labute approximate surface area is 86.2 Å². The first-order valence-corrected chi connectivity index (χ1v) is 5.02. The van der Waals surface area contributed by atoms with E-state index >= 15 is 0 Å². The van der Waals surface area contributed by atoms with Gasteiger partial charge in [0.2, 0.25) is 0 Å². The highest BCUT2D eigenvalue weighted by Gasteiger charge is 2.34. The van der Waals surface area contributed by atoms with Crippen LogP contribution in [-0.4, -0.2) is 24.6 Å². The molecule has 0 fully saturated rings. The molecular formula is C11H15BN2. The van der Waals surface area contributed by atoms with Gasteiger partial charge in [-0.05, 0) is 30.8 Å². The molecule has 72 valence electrons. The standard InChI is InChI=1S/C11H15BN2/c1-8-7-11(2,12)10(14-8)6-9-4-3-5-13-9/h3-5,10,13H,6-7H2,1-2H3. The molecule has 0 saturated heterocycles. The maximum Gasteiger partial charge on any atom is 0.0776 e. The van der Waals surface area contributed by atoms with E-state index in [0.29, 0.717) is 0 Å². The smallest absolute Gasteiger partial charge is 0.0776 e. The van der Waals surface area contributed by atoms with E-state index in [1.807, 2.05) is 12.3 Å². The number of hydrogen-bond acceptors (Lipinski definition) is 1. The van der Waals surface area contributed by atoms with E-state index in [4.69, 9.17) is 7.85 Å². The van der Waals surface area contributed by atoms with Gasteiger partial charge in [0.1, 0.15) is 0 Å². The van der Waals surface area contributed by atoms with Crippen LogP contribution in [0.2, 0.25) is 5.31 Å². The average molecular weight is 186 g/mol. The van der Waals surface area contributed by atoms with Gasteiger partial charge in [-0.25, -0.2) is 0 Å². The second kappa shape index (κ2) is 3.30. The van der Waals surface area contributed by atoms with E-state index in [-0.39, 0.29) is 11.4 Å². The molecule has 2 unspecified atom stereocenters. The summed E-state index contributed by atoms with van der Waals surface area (Å²) >= 11 is 0. The van der Waals surface area contributed by atoms with Crippen molar-refractivity contribution in [3.05, 3.63) is 24.0 Å². The molecule has 1 aromatic heterocycles. The van der Waals surface area contributed by atoms with Crippen LogP contribution in [-0.2, 0) is 6.42 Å². The fourth-order valence-corrected chi connectivity index (χ4v) is 2.11. The first-order valence-electron chi connectivity index (χ1n) is 5.02. The van der Waals surface area contributed by atoms with Gasteiger partial charge in [-0.2, -0.15) is 0 Å². The van der Waals surface area contributed by atoms with E-state index in [0.717, 1.165) is 12.8 Å². The molecule has 14 heavy (non-hydrogen) atoms. The molecule has 3 heteroatoms. The summed E-state index contributed by atoms with van der Waals surface area (Å²) in [4.78, 5) is 7.78. The number of aromatic amines is 1. The number of nitrogens with zero attached hydrogens (tertiary/aromatic N) is 1. The second-order valence-corrected chi connectivity index (χ2v) is 4.46. The molecule has 0 saturated carbocycles. The summed E-state index contributed by atoms with van der Waals surface area (Å²) in [7, 11) is 6.20. The minimum atomic E-state index is -0.171. The molecule has 0 aliphatic carbocycles. The molecule has 2 rings (SSSR count). The number of nitrogens with one attached hydrogen (secondary N) is 1. The van der Waals surface area contributed by atoms with Crippen molar-refractivity contribution in [3.63, 3.8) is 0 Å². The summed E-state index contributed by atoms with van der Waals surface area (Å²) in [5, 5.41) is -0.171. The molecule has 1 aliphatic heterocycles. The van der Waals surface area contributed by atoms with Gasteiger partial charge in [-0.3, -0.25) is 4.99 Å². The first kappa shape index (κ1) is 9.57. The quantitative estimate of drug-likeness (QED) is 0.685. The molecular weight excluding hydrogens is 171 g/mol. The Morgan fingerprint density at radius 3 is 3.00 bits per heavy atom. The Bertz CT molecular complexity index is 338. The van der Waals surface area contributed by atoms with Crippen LogP contribution in [0.1, 0.15) is 26.0 Å². The van der Waals surface area contributed by atoms with Crippen LogP contribution in [0.5, 0.6) is 0 Å². The van der Waals surface area contributed by atoms with Crippen LogP contribution >= 0.6 is 0 Å². The molecule has 2 nitrogen and oxygen atoms in total. The van der Waals surface area contributed by atoms with Crippen LogP contribution in [0.15, 0.2) is 23.3 Å². The van der Waals surface area contributed by atoms with Crippen molar-refractivity contribution < 1.29 is 0 Å². The molecule has 2 atom stereocenters. The summed E-state index contributed by atoms with van der Waals surface area (Å²) in [5.41, 5.74) is 2.39. The van der Waals surface area contributed by atoms with Gasteiger partial charge in [0.15, 0.2) is 0 Å². The third kappa shape index (κ3) is 1.77. The number of rotatable bonds is 2. The van der Waals surface area contributed by atoms with E-state index in [1.54, 1.807) is 0 Å². The van der Waals surface area contributed by atoms with Gasteiger partial charge in [0.05, 0.1) is 13.9 Å². The third-order valence-corrected chi connectivity index (χ3v) is 2.85. The molecule has 1 N–H and O–H groups in total. The van der Waals surface area contributed by atoms with Crippen molar-refractivity contribution >= 4 is 13.6 Å². The van der Waals surface area contributed by atoms with Gasteiger partial charge < -0.3 is 4.98 Å². The molecule has 1 aliphatic rings. The number of hydrogen-bond donors (Lipinski definition) is 1. The molecule has 0 aromatic carbocycles. The Kier molecular flexibility index (Phi) is 2.26. The van der Waals surface area contributed by atoms with E-state index < -0.39 is 0 Å². The first-order chi connectivity index (χ1) is 6.58. The highest BCUT2D eigenvalue weighted by Crippen LogP contribution is 2.39. The minimum Gasteiger partial charge on any atom is -0.365 e. The zero-order chi connectivity index (χ0) is 10.2. The molecule has 1 aromatic rings. The molecule has 0 bridgehead atoms. The molecule has 0 spiro atoms. The highest BCUT2D eigenvalue weighted by molar-refractivity contribution is 6.18. The lowest BCUT2D eigenvalue weighted by Gasteiger charge is -2.25. The lowest BCUT2D eigenvalue weighted by molar-refractivity contribution is 0.521. The van der Waals surface area contributed by atoms with Crippen molar-refractivity contribution in [2.24, 2.45) is 4.99 Å². The Morgan fingerprint density at radius 1 is 1.71 bits per heavy atom. The Balaban J connectivity index is 2.11. The normalized spacial score (nSPS) is 31.9. The number of aliphatic imine (C=N–C) groups is 1. The van der Waals surface area contributed by atoms with Crippen LogP contribution in [0, 0.1) is 0 Å². The number of aromatic nitrogens is 1. The summed E-state index contributed by atoms with van der Waals surface area (Å²) in [6.07, 6.45) is 3.77. The van der Waals surface area contributed by atoms with E-state index in [9.17, 15) is 0 Å². The maximum absolute atomic E-state index is 6.20. The van der Waals surface area contributed by atoms with E-state index in [1.165, 1.54) is 11.4 Å². The highest BCUT2D eigenvalue weighted by atomic mass is 14.9. The van der Waals surface area contributed by atoms with Gasteiger partial charge >= 0.3 is 0 Å². The minimum absolute atomic E-state index is 0.171. The lowest BCUT2D eigenvalue weighted by atomic mass is 9.63. The number of H-pyrrole nitrogens is 1. The van der Waals surface area contributed by atoms with E-state index in [2.05, 4.69) is 29.9 Å². The Hall–Kier alpha value is -0.985. The van der Waals surface area contributed by atoms with Crippen molar-refractivity contribution in [2.45, 2.75) is 38.0 Å². The lowest BCUT2D eigenvalue weighted by Crippen LogP contribution is -2.22. The fraction of sp³-hybridized carbons (Fsp3) is 0.545. The SMILES string of the molecule is [B]C1(C)CC(C)=NC1Cc1ccc[nH]1. The monoisotopic (exact) mass is 186 g/mol. The van der Waals surface area contributed by atoms with Crippen LogP contribution in [0.25, 0.3) is 0 Å². The summed E-state index contributed by atoms with van der Waals surface area (Å²) in [5.74, 6) is 0. The maximum atomic E-state index is 6.20. The van der Waals surface area contributed by atoms with Gasteiger partial charge in [-0.1, -0.05) is 6.92 Å². The predicted octanol–water partition coefficient (Wildman–Crippen LogP) is 2.14. The topological polar surface area (TPSA) is 28.1 Å². The summed E-state index contributed by atoms with van der Waals surface area (Å²) in [6, 6.07) is 4.31. The van der Waals surface area contributed by atoms with Crippen LogP contribution < -0.4 is 0 Å². The van der Waals surface area contributed by atoms with Gasteiger partial charge in [0.25, 0.3) is 0 Å². The molecule has 2 radical (unpaired) electrons. The van der Waals surface area contributed by atoms with Crippen LogP contribution in [0.4, 0.5) is 0 Å². The fourth-order valence-electron chi connectivity index (χ4n) is 2.11. The van der Waals surface area contributed by atoms with Gasteiger partial charge in [-0.15, -0.1) is 0 Å². The predicted molar refractivity (Wildman–Crippen MR) is 60.1 cm³/mol. The summed E-state index contributed by atoms with van der Waals surface area (Å²) < 4.78 is 0. The van der Waals surface area contributed by atoms with Crippen LogP contribution in [0.3, 0.4) is 0 Å². The van der Waals surface area contributed by atoms with Crippen molar-refractivity contribution in [2.75, 3.05) is 0 Å². The molecule has 2 heterocycles. The Morgan fingerprint density at radius 2 is 2.50 bits per heavy atom. The average Bonchev–Trinajstić information content (AvgIpc) is 2.61. The van der Waals surface area contributed by atoms with Gasteiger partial charge in [0, 0.05) is 24.0 Å². The largest absolute Gasteiger partial charge is 0.365 e. The van der Waals surface area contributed by atoms with Crippen molar-refractivity contribution in [1.29, 1.82) is 0 Å². The zero-order valence-corrected chi connectivity index (χ0v) is 8.75. The second-order valence-electron chi connectivity index (χ2n) is 4.46.